The molecule has 2 fully saturated rings. The summed E-state index contributed by atoms with van der Waals surface area (Å²) in [7, 11) is -3.71. The van der Waals surface area contributed by atoms with E-state index >= 15 is 0 Å². The number of benzene rings is 1. The quantitative estimate of drug-likeness (QED) is 0.433. The van der Waals surface area contributed by atoms with Crippen LogP contribution in [0.4, 0.5) is 13.2 Å². The van der Waals surface area contributed by atoms with Crippen molar-refractivity contribution in [1.82, 2.24) is 19.4 Å². The zero-order chi connectivity index (χ0) is 29.1. The Morgan fingerprint density at radius 2 is 1.72 bits per heavy atom. The van der Waals surface area contributed by atoms with Crippen LogP contribution in [0.2, 0.25) is 0 Å². The van der Waals surface area contributed by atoms with E-state index in [4.69, 9.17) is 14.6 Å². The van der Waals surface area contributed by atoms with Crippen LogP contribution in [0.15, 0.2) is 29.2 Å². The lowest BCUT2D eigenvalue weighted by Crippen LogP contribution is -2.48. The molecule has 2 N–H and O–H groups in total. The van der Waals surface area contributed by atoms with Gasteiger partial charge in [-0.2, -0.15) is 17.5 Å². The summed E-state index contributed by atoms with van der Waals surface area (Å²) in [6.07, 6.45) is -1.36. The summed E-state index contributed by atoms with van der Waals surface area (Å²) in [5.74, 6) is -2.09. The van der Waals surface area contributed by atoms with Crippen molar-refractivity contribution >= 4 is 21.9 Å². The topological polar surface area (TPSA) is 119 Å². The molecule has 1 atom stereocenters. The number of hydrogen-bond donors (Lipinski definition) is 2. The molecule has 3 rings (SSSR count). The number of nitrogens with zero attached hydrogens (tertiary/aromatic N) is 3. The van der Waals surface area contributed by atoms with Gasteiger partial charge < -0.3 is 20.1 Å². The molecule has 2 aliphatic heterocycles. The van der Waals surface area contributed by atoms with Crippen LogP contribution < -0.4 is 10.1 Å². The lowest BCUT2D eigenvalue weighted by atomic mass is 10.0. The minimum absolute atomic E-state index is 0.0183. The Hall–Kier alpha value is -2.42. The predicted octanol–water partition coefficient (Wildman–Crippen LogP) is 2.41. The van der Waals surface area contributed by atoms with E-state index in [1.165, 1.54) is 10.7 Å². The number of amides is 1. The number of aliphatic carboxylic acids is 1. The van der Waals surface area contributed by atoms with Crippen molar-refractivity contribution in [2.75, 3.05) is 59.0 Å². The summed E-state index contributed by atoms with van der Waals surface area (Å²) in [5.41, 5.74) is 0. The van der Waals surface area contributed by atoms with Crippen molar-refractivity contribution < 1.29 is 41.0 Å². The fourth-order valence-corrected chi connectivity index (χ4v) is 5.83. The number of piperidine rings is 1. The molecule has 1 aromatic carbocycles. The zero-order valence-corrected chi connectivity index (χ0v) is 23.3. The summed E-state index contributed by atoms with van der Waals surface area (Å²) >= 11 is 0. The number of hydrogen-bond acceptors (Lipinski definition) is 7. The smallest absolute Gasteiger partial charge is 0.490 e. The van der Waals surface area contributed by atoms with Gasteiger partial charge in [-0.05, 0) is 57.5 Å². The maximum atomic E-state index is 13.5. The SMILES string of the molecule is CCOc1ccc(S(=O)(=O)N(CCC(=O)N2CCNCC2)CCN2CCCCC2C)cc1.O=C(O)C(F)(F)F. The molecule has 0 saturated carbocycles. The molecule has 2 heterocycles. The van der Waals surface area contributed by atoms with Gasteiger partial charge in [0, 0.05) is 58.3 Å². The molecule has 222 valence electrons. The van der Waals surface area contributed by atoms with Crippen molar-refractivity contribution in [2.45, 2.75) is 56.6 Å². The van der Waals surface area contributed by atoms with E-state index in [0.717, 1.165) is 32.5 Å². The van der Waals surface area contributed by atoms with Crippen molar-refractivity contribution in [2.24, 2.45) is 0 Å². The number of piperazine rings is 1. The molecule has 1 aromatic rings. The summed E-state index contributed by atoms with van der Waals surface area (Å²) in [6.45, 7) is 9.81. The van der Waals surface area contributed by atoms with E-state index in [9.17, 15) is 26.4 Å². The largest absolute Gasteiger partial charge is 0.494 e. The van der Waals surface area contributed by atoms with Gasteiger partial charge in [-0.3, -0.25) is 9.69 Å². The van der Waals surface area contributed by atoms with Crippen LogP contribution in [0.25, 0.3) is 0 Å². The Morgan fingerprint density at radius 3 is 2.26 bits per heavy atom. The van der Waals surface area contributed by atoms with E-state index in [0.29, 0.717) is 44.6 Å². The van der Waals surface area contributed by atoms with Crippen LogP contribution in [0.1, 0.15) is 39.5 Å². The third-order valence-corrected chi connectivity index (χ3v) is 8.55. The first-order chi connectivity index (χ1) is 18.4. The van der Waals surface area contributed by atoms with E-state index in [-0.39, 0.29) is 23.8 Å². The molecule has 39 heavy (non-hydrogen) atoms. The highest BCUT2D eigenvalue weighted by atomic mass is 32.2. The lowest BCUT2D eigenvalue weighted by molar-refractivity contribution is -0.192. The Labute approximate surface area is 228 Å². The molecule has 0 aromatic heterocycles. The number of alkyl halides is 3. The van der Waals surface area contributed by atoms with Crippen molar-refractivity contribution in [3.05, 3.63) is 24.3 Å². The molecule has 10 nitrogen and oxygen atoms in total. The van der Waals surface area contributed by atoms with Crippen LogP contribution in [0.5, 0.6) is 5.75 Å². The summed E-state index contributed by atoms with van der Waals surface area (Å²) in [6, 6.07) is 7.02. The average Bonchev–Trinajstić information content (AvgIpc) is 2.90. The van der Waals surface area contributed by atoms with Gasteiger partial charge in [-0.25, -0.2) is 13.2 Å². The number of carbonyl (C=O) groups is 2. The van der Waals surface area contributed by atoms with Gasteiger partial charge in [0.15, 0.2) is 0 Å². The Balaban J connectivity index is 0.000000673. The van der Waals surface area contributed by atoms with Crippen LogP contribution in [0.3, 0.4) is 0 Å². The highest BCUT2D eigenvalue weighted by molar-refractivity contribution is 7.89. The van der Waals surface area contributed by atoms with E-state index < -0.39 is 22.2 Å². The second-order valence-corrected chi connectivity index (χ2v) is 11.3. The first kappa shape index (κ1) is 32.8. The molecule has 1 unspecified atom stereocenters. The molecule has 0 aliphatic carbocycles. The van der Waals surface area contributed by atoms with Gasteiger partial charge in [-0.15, -0.1) is 0 Å². The molecular weight excluding hydrogens is 541 g/mol. The number of halogens is 3. The van der Waals surface area contributed by atoms with Crippen LogP contribution in [0, 0.1) is 0 Å². The lowest BCUT2D eigenvalue weighted by Gasteiger charge is -2.35. The first-order valence-electron chi connectivity index (χ1n) is 13.1. The van der Waals surface area contributed by atoms with Gasteiger partial charge in [0.05, 0.1) is 11.5 Å². The Kier molecular flexibility index (Phi) is 12.9. The third kappa shape index (κ3) is 10.6. The Bertz CT molecular complexity index is 1020. The minimum atomic E-state index is -5.08. The predicted molar refractivity (Wildman–Crippen MR) is 139 cm³/mol. The number of carbonyl (C=O) groups excluding carboxylic acids is 1. The maximum Gasteiger partial charge on any atom is 0.490 e. The highest BCUT2D eigenvalue weighted by Gasteiger charge is 2.38. The second-order valence-electron chi connectivity index (χ2n) is 9.37. The van der Waals surface area contributed by atoms with E-state index in [1.54, 1.807) is 24.3 Å². The molecule has 14 heteroatoms. The van der Waals surface area contributed by atoms with Gasteiger partial charge >= 0.3 is 12.1 Å². The fraction of sp³-hybridized carbons (Fsp3) is 0.680. The van der Waals surface area contributed by atoms with Gasteiger partial charge in [-0.1, -0.05) is 6.42 Å². The highest BCUT2D eigenvalue weighted by Crippen LogP contribution is 2.22. The van der Waals surface area contributed by atoms with Crippen LogP contribution in [-0.4, -0.2) is 111 Å². The monoisotopic (exact) mass is 580 g/mol. The second kappa shape index (κ2) is 15.4. The van der Waals surface area contributed by atoms with E-state index in [2.05, 4.69) is 17.1 Å². The van der Waals surface area contributed by atoms with Crippen molar-refractivity contribution in [3.63, 3.8) is 0 Å². The molecule has 2 saturated heterocycles. The third-order valence-electron chi connectivity index (χ3n) is 6.64. The number of sulfonamides is 1. The standard InChI is InChI=1S/C23H38N4O4S.C2HF3O2/c1-3-31-21-7-9-22(10-8-21)32(29,30)27(19-18-25-14-5-4-6-20(25)2)15-11-23(28)26-16-12-24-13-17-26;3-2(4,5)1(6)7/h7-10,20,24H,3-6,11-19H2,1-2H3;(H,6,7). The molecule has 1 amide bonds. The Morgan fingerprint density at radius 1 is 1.10 bits per heavy atom. The maximum absolute atomic E-state index is 13.5. The molecular formula is C25H39F3N4O6S. The van der Waals surface area contributed by atoms with Crippen LogP contribution in [-0.2, 0) is 19.6 Å². The number of rotatable bonds is 10. The molecule has 2 aliphatic rings. The minimum Gasteiger partial charge on any atom is -0.494 e. The summed E-state index contributed by atoms with van der Waals surface area (Å²) < 4.78 is 65.6. The average molecular weight is 581 g/mol. The first-order valence-corrected chi connectivity index (χ1v) is 14.6. The molecule has 0 bridgehead atoms. The van der Waals surface area contributed by atoms with Crippen LogP contribution >= 0.6 is 0 Å². The zero-order valence-electron chi connectivity index (χ0n) is 22.5. The summed E-state index contributed by atoms with van der Waals surface area (Å²) in [4.78, 5) is 26.0. The van der Waals surface area contributed by atoms with Gasteiger partial charge in [0.1, 0.15) is 5.75 Å². The molecule has 0 spiro atoms. The van der Waals surface area contributed by atoms with Gasteiger partial charge in [0.25, 0.3) is 0 Å². The van der Waals surface area contributed by atoms with E-state index in [1.807, 2.05) is 11.8 Å². The number of carboxylic acid groups (broad SMARTS) is 1. The number of nitrogens with one attached hydrogen (secondary N) is 1. The van der Waals surface area contributed by atoms with Crippen molar-refractivity contribution in [3.8, 4) is 5.75 Å². The fourth-order valence-electron chi connectivity index (χ4n) is 4.40. The van der Waals surface area contributed by atoms with Gasteiger partial charge in [0.2, 0.25) is 15.9 Å². The van der Waals surface area contributed by atoms with Crippen molar-refractivity contribution in [1.29, 1.82) is 0 Å². The summed E-state index contributed by atoms with van der Waals surface area (Å²) in [5, 5.41) is 10.4. The number of ether oxygens (including phenoxy) is 1. The number of carboxylic acids is 1. The normalized spacial score (nSPS) is 18.8. The number of likely N-dealkylation sites (tertiary alicyclic amines) is 1. The molecule has 0 radical (unpaired) electrons.